The van der Waals surface area contributed by atoms with Gasteiger partial charge in [0, 0.05) is 39.3 Å². The first-order valence-electron chi connectivity index (χ1n) is 6.97. The van der Waals surface area contributed by atoms with Crippen LogP contribution >= 0.6 is 15.9 Å². The van der Waals surface area contributed by atoms with E-state index in [1.54, 1.807) is 19.1 Å². The molecule has 1 radical (unpaired) electrons. The predicted molar refractivity (Wildman–Crippen MR) is 86.7 cm³/mol. The van der Waals surface area contributed by atoms with Crippen LogP contribution in [0.25, 0.3) is 5.70 Å². The number of hydrogen-bond acceptors (Lipinski definition) is 2. The molecule has 1 unspecified atom stereocenters. The number of benzene rings is 1. The Bertz CT molecular complexity index is 666. The number of halogens is 2. The maximum absolute atomic E-state index is 14.4. The number of nitrogens with zero attached hydrogens (tertiary/aromatic N) is 1. The fourth-order valence-electron chi connectivity index (χ4n) is 2.17. The van der Waals surface area contributed by atoms with Crippen molar-refractivity contribution in [3.8, 4) is 17.6 Å². The van der Waals surface area contributed by atoms with Gasteiger partial charge in [0.05, 0.1) is 10.6 Å². The summed E-state index contributed by atoms with van der Waals surface area (Å²) in [6.45, 7) is 4.25. The van der Waals surface area contributed by atoms with Crippen LogP contribution in [0, 0.1) is 23.7 Å². The zero-order valence-electron chi connectivity index (χ0n) is 13.0. The summed E-state index contributed by atoms with van der Waals surface area (Å²) in [5.41, 5.74) is 0.837. The van der Waals surface area contributed by atoms with Crippen molar-refractivity contribution in [1.29, 1.82) is 0 Å². The van der Waals surface area contributed by atoms with Crippen LogP contribution in [0.4, 0.5) is 4.39 Å². The van der Waals surface area contributed by atoms with Crippen molar-refractivity contribution in [3.05, 3.63) is 35.7 Å². The van der Waals surface area contributed by atoms with Crippen LogP contribution in [0.2, 0.25) is 0 Å². The van der Waals surface area contributed by atoms with E-state index in [2.05, 4.69) is 33.8 Å². The number of ether oxygens (including phenoxy) is 1. The van der Waals surface area contributed by atoms with Crippen LogP contribution < -0.4 is 4.74 Å². The number of alkyl halides is 1. The standard InChI is InChI=1S/C17H16BrFNO2.Y/c1-3-5-10-22-12-6-7-13(15(19)11-12)16-9-8-14(18)17(21)20(16)4-2;/h6-7,11,14H,4,8,10H2,1-2H3;/q-1;. The van der Waals surface area contributed by atoms with E-state index < -0.39 is 5.82 Å². The van der Waals surface area contributed by atoms with Crippen LogP contribution in [-0.2, 0) is 37.5 Å². The molecule has 1 amide bonds. The molecule has 0 aromatic heterocycles. The molecule has 0 saturated heterocycles. The molecule has 1 aliphatic rings. The molecule has 0 saturated carbocycles. The molecule has 6 heteroatoms. The Morgan fingerprint density at radius 3 is 2.87 bits per heavy atom. The van der Waals surface area contributed by atoms with E-state index in [1.807, 2.05) is 6.92 Å². The van der Waals surface area contributed by atoms with Gasteiger partial charge in [-0.1, -0.05) is 28.3 Å². The van der Waals surface area contributed by atoms with Gasteiger partial charge in [0.1, 0.15) is 12.4 Å². The Hall–Kier alpha value is -0.696. The Labute approximate surface area is 169 Å². The Morgan fingerprint density at radius 1 is 1.52 bits per heavy atom. The molecule has 0 bridgehead atoms. The Morgan fingerprint density at radius 2 is 2.26 bits per heavy atom. The van der Waals surface area contributed by atoms with E-state index in [-0.39, 0.29) is 50.1 Å². The van der Waals surface area contributed by atoms with E-state index in [4.69, 9.17) is 4.74 Å². The normalized spacial score (nSPS) is 16.9. The molecule has 0 N–H and O–H groups in total. The SMILES string of the molecule is CC#CCOc1ccc(C2=[C-]CC(Br)C(=O)N2CC)c(F)c1.[Y]. The summed E-state index contributed by atoms with van der Waals surface area (Å²) in [4.78, 5) is 13.4. The molecule has 1 atom stereocenters. The summed E-state index contributed by atoms with van der Waals surface area (Å²) in [7, 11) is 0. The second-order valence-electron chi connectivity index (χ2n) is 4.64. The molecule has 3 nitrogen and oxygen atoms in total. The largest absolute Gasteiger partial charge is 0.481 e. The zero-order valence-corrected chi connectivity index (χ0v) is 17.5. The molecule has 119 valence electrons. The third-order valence-electron chi connectivity index (χ3n) is 3.25. The Balaban J connectivity index is 0.00000264. The maximum Gasteiger partial charge on any atom is 0.236 e. The van der Waals surface area contributed by atoms with Gasteiger partial charge in [0.15, 0.2) is 0 Å². The quantitative estimate of drug-likeness (QED) is 0.397. The molecular formula is C17H16BrFNO2Y-. The monoisotopic (exact) mass is 453 g/mol. The molecular weight excluding hydrogens is 438 g/mol. The third kappa shape index (κ3) is 4.89. The summed E-state index contributed by atoms with van der Waals surface area (Å²) < 4.78 is 19.7. The molecule has 23 heavy (non-hydrogen) atoms. The van der Waals surface area contributed by atoms with Crippen LogP contribution in [-0.4, -0.2) is 28.8 Å². The molecule has 0 aliphatic carbocycles. The van der Waals surface area contributed by atoms with Crippen molar-refractivity contribution >= 4 is 27.5 Å². The molecule has 2 rings (SSSR count). The number of rotatable bonds is 4. The van der Waals surface area contributed by atoms with Crippen molar-refractivity contribution in [3.63, 3.8) is 0 Å². The van der Waals surface area contributed by atoms with Gasteiger partial charge in [-0.25, -0.2) is 10.5 Å². The average molecular weight is 454 g/mol. The van der Waals surface area contributed by atoms with Crippen molar-refractivity contribution in [2.75, 3.05) is 13.2 Å². The summed E-state index contributed by atoms with van der Waals surface area (Å²) in [5, 5.41) is 0. The van der Waals surface area contributed by atoms with E-state index in [1.165, 1.54) is 11.0 Å². The second-order valence-corrected chi connectivity index (χ2v) is 5.74. The van der Waals surface area contributed by atoms with Crippen molar-refractivity contribution in [2.45, 2.75) is 25.1 Å². The number of carbonyl (C=O) groups is 1. The minimum absolute atomic E-state index is 0. The molecule has 1 aliphatic heterocycles. The van der Waals surface area contributed by atoms with Crippen LogP contribution in [0.3, 0.4) is 0 Å². The first-order chi connectivity index (χ1) is 10.6. The van der Waals surface area contributed by atoms with Crippen LogP contribution in [0.5, 0.6) is 5.75 Å². The van der Waals surface area contributed by atoms with Crippen LogP contribution in [0.1, 0.15) is 25.8 Å². The summed E-state index contributed by atoms with van der Waals surface area (Å²) in [6.07, 6.45) is 3.53. The van der Waals surface area contributed by atoms with E-state index >= 15 is 0 Å². The summed E-state index contributed by atoms with van der Waals surface area (Å²) in [6, 6.07) is 4.58. The number of carbonyl (C=O) groups excluding carboxylic acids is 1. The van der Waals surface area contributed by atoms with Gasteiger partial charge < -0.3 is 9.64 Å². The van der Waals surface area contributed by atoms with Gasteiger partial charge in [-0.2, -0.15) is 0 Å². The fourth-order valence-corrected chi connectivity index (χ4v) is 2.58. The third-order valence-corrected chi connectivity index (χ3v) is 3.97. The number of allylic oxidation sites excluding steroid dienone is 1. The molecule has 1 aromatic rings. The topological polar surface area (TPSA) is 29.5 Å². The first kappa shape index (κ1) is 20.3. The van der Waals surface area contributed by atoms with Gasteiger partial charge in [-0.3, -0.25) is 4.79 Å². The minimum Gasteiger partial charge on any atom is -0.481 e. The predicted octanol–water partition coefficient (Wildman–Crippen LogP) is 3.39. The van der Waals surface area contributed by atoms with E-state index in [0.717, 1.165) is 0 Å². The number of amides is 1. The van der Waals surface area contributed by atoms with E-state index in [9.17, 15) is 9.18 Å². The molecule has 0 fully saturated rings. The van der Waals surface area contributed by atoms with Crippen molar-refractivity contribution < 1.29 is 46.6 Å². The minimum atomic E-state index is -0.441. The summed E-state index contributed by atoms with van der Waals surface area (Å²) >= 11 is 3.31. The molecule has 1 heterocycles. The second kappa shape index (κ2) is 9.56. The molecule has 1 aromatic carbocycles. The van der Waals surface area contributed by atoms with Crippen molar-refractivity contribution in [1.82, 2.24) is 4.90 Å². The Kier molecular flexibility index (Phi) is 8.46. The van der Waals surface area contributed by atoms with Gasteiger partial charge in [0.2, 0.25) is 5.91 Å². The maximum atomic E-state index is 14.4. The van der Waals surface area contributed by atoms with Gasteiger partial charge in [-0.05, 0) is 26.0 Å². The average Bonchev–Trinajstić information content (AvgIpc) is 2.51. The number of hydrogen-bond donors (Lipinski definition) is 0. The van der Waals surface area contributed by atoms with Gasteiger partial charge in [0.25, 0.3) is 0 Å². The van der Waals surface area contributed by atoms with Crippen LogP contribution in [0.15, 0.2) is 18.2 Å². The van der Waals surface area contributed by atoms with Crippen molar-refractivity contribution in [2.24, 2.45) is 0 Å². The molecule has 0 spiro atoms. The first-order valence-corrected chi connectivity index (χ1v) is 7.88. The van der Waals surface area contributed by atoms with Gasteiger partial charge >= 0.3 is 0 Å². The smallest absolute Gasteiger partial charge is 0.236 e. The van der Waals surface area contributed by atoms with Gasteiger partial charge in [-0.15, -0.1) is 23.2 Å². The van der Waals surface area contributed by atoms with E-state index in [0.29, 0.717) is 30.0 Å². The fraction of sp³-hybridized carbons (Fsp3) is 0.353. The summed E-state index contributed by atoms with van der Waals surface area (Å²) in [5.74, 6) is 5.35. The zero-order chi connectivity index (χ0) is 16.1.